The van der Waals surface area contributed by atoms with Crippen molar-refractivity contribution >= 4 is 0 Å². The van der Waals surface area contributed by atoms with Gasteiger partial charge in [0.2, 0.25) is 0 Å². The summed E-state index contributed by atoms with van der Waals surface area (Å²) < 4.78 is 6.19. The summed E-state index contributed by atoms with van der Waals surface area (Å²) in [6.07, 6.45) is 8.15. The molecule has 0 bridgehead atoms. The third-order valence-electron chi connectivity index (χ3n) is 6.02. The maximum Gasteiger partial charge on any atom is 2.00 e. The van der Waals surface area contributed by atoms with Gasteiger partial charge in [-0.3, -0.25) is 13.8 Å². The topological polar surface area (TPSA) is 7.76 Å². The summed E-state index contributed by atoms with van der Waals surface area (Å²) in [5.41, 5.74) is 0. The molecule has 2 rings (SSSR count). The van der Waals surface area contributed by atoms with E-state index < -0.39 is 0 Å². The Morgan fingerprint density at radius 3 is 1.00 bits per heavy atom. The van der Waals surface area contributed by atoms with Gasteiger partial charge >= 0.3 is 21.1 Å². The van der Waals surface area contributed by atoms with Crippen LogP contribution in [-0.2, 0) is 28.1 Å². The third-order valence-corrected chi connectivity index (χ3v) is 6.02. The minimum Gasteiger partial charge on any atom is -0.374 e. The van der Waals surface area contributed by atoms with Crippen LogP contribution >= 0.6 is 0 Å². The van der Waals surface area contributed by atoms with Crippen molar-refractivity contribution in [2.75, 3.05) is 41.3 Å². The molecule has 0 aromatic carbocycles. The molecule has 37 heavy (non-hydrogen) atoms. The molecule has 0 saturated heterocycles. The van der Waals surface area contributed by atoms with Crippen molar-refractivity contribution in [3.63, 3.8) is 0 Å². The van der Waals surface area contributed by atoms with Crippen LogP contribution in [0.1, 0.15) is 68.4 Å². The Kier molecular flexibility index (Phi) is 27.9. The minimum absolute atomic E-state index is 0. The Morgan fingerprint density at radius 1 is 0.595 bits per heavy atom. The standard InChI is InChI=1S/C8H12N.C8H18N.C6H8N.C6H16N.C4H10.W/c1-8(2)9-6-4-3-5-7-9;1-6-9(5,7-2)8(3)4;1-7-5-3-2-4-6-7;1-6(2)7(3,4)5;1-4(2)3;/h3-8H,1-2H3;8H,1-2,6-7H2,3-5H3;2-6H,1H3;6H,1-5H3;4H,1-3H3;/q+1;-1;2*+1;;+2. The molecule has 0 unspecified atom stereocenters. The van der Waals surface area contributed by atoms with Gasteiger partial charge in [0.05, 0.1) is 40.3 Å². The average molecular weight is 689 g/mol. The third kappa shape index (κ3) is 27.8. The molecule has 4 nitrogen and oxygen atoms in total. The van der Waals surface area contributed by atoms with Crippen LogP contribution in [0.2, 0.25) is 0 Å². The molecule has 0 aliphatic heterocycles. The van der Waals surface area contributed by atoms with Crippen molar-refractivity contribution in [3.8, 4) is 0 Å². The summed E-state index contributed by atoms with van der Waals surface area (Å²) in [7, 11) is 10.8. The van der Waals surface area contributed by atoms with E-state index in [4.69, 9.17) is 0 Å². The number of aryl methyl sites for hydroxylation is 1. The van der Waals surface area contributed by atoms with Crippen LogP contribution in [0.3, 0.4) is 0 Å². The largest absolute Gasteiger partial charge is 2.00 e. The fourth-order valence-electron chi connectivity index (χ4n) is 1.87. The molecular weight excluding hydrogens is 624 g/mol. The minimum atomic E-state index is 0. The van der Waals surface area contributed by atoms with Crippen molar-refractivity contribution in [2.45, 2.75) is 80.4 Å². The van der Waals surface area contributed by atoms with E-state index in [0.29, 0.717) is 12.1 Å². The van der Waals surface area contributed by atoms with Crippen LogP contribution in [0.4, 0.5) is 0 Å². The van der Waals surface area contributed by atoms with E-state index in [-0.39, 0.29) is 21.1 Å². The average Bonchev–Trinajstić information content (AvgIpc) is 2.79. The number of hydrogen-bond donors (Lipinski definition) is 0. The van der Waals surface area contributed by atoms with Gasteiger partial charge in [-0.05, 0) is 60.5 Å². The predicted octanol–water partition coefficient (Wildman–Crippen LogP) is 6.34. The predicted molar refractivity (Wildman–Crippen MR) is 160 cm³/mol. The number of aromatic nitrogens is 2. The van der Waals surface area contributed by atoms with Crippen molar-refractivity contribution in [3.05, 3.63) is 75.0 Å². The Bertz CT molecular complexity index is 702. The molecule has 5 heteroatoms. The van der Waals surface area contributed by atoms with Gasteiger partial charge in [0, 0.05) is 24.3 Å². The van der Waals surface area contributed by atoms with Crippen LogP contribution in [0.25, 0.3) is 0 Å². The first kappa shape index (κ1) is 43.0. The number of pyridine rings is 2. The number of quaternary nitrogens is 2. The molecule has 214 valence electrons. The Labute approximate surface area is 248 Å². The van der Waals surface area contributed by atoms with Gasteiger partial charge in [0.1, 0.15) is 7.05 Å². The first-order valence-corrected chi connectivity index (χ1v) is 13.5. The van der Waals surface area contributed by atoms with Crippen molar-refractivity contribution in [1.29, 1.82) is 0 Å². The van der Waals surface area contributed by atoms with E-state index in [1.54, 1.807) is 0 Å². The maximum atomic E-state index is 3.88. The summed E-state index contributed by atoms with van der Waals surface area (Å²) in [6.45, 7) is 29.3. The summed E-state index contributed by atoms with van der Waals surface area (Å²) in [4.78, 5) is 0. The molecule has 2 heterocycles. The van der Waals surface area contributed by atoms with E-state index in [1.807, 2.05) is 60.4 Å². The first-order chi connectivity index (χ1) is 16.4. The smallest absolute Gasteiger partial charge is 0.374 e. The molecule has 0 atom stereocenters. The second kappa shape index (κ2) is 24.0. The van der Waals surface area contributed by atoms with Gasteiger partial charge in [0.15, 0.2) is 30.8 Å². The molecule has 0 radical (unpaired) electrons. The number of hydrogen-bond acceptors (Lipinski definition) is 0. The number of nitrogens with zero attached hydrogens (tertiary/aromatic N) is 4. The van der Waals surface area contributed by atoms with Gasteiger partial charge in [-0.25, -0.2) is 9.13 Å². The Balaban J connectivity index is -0.000000187. The van der Waals surface area contributed by atoms with Crippen LogP contribution in [0, 0.1) is 19.8 Å². The second-order valence-electron chi connectivity index (χ2n) is 11.9. The van der Waals surface area contributed by atoms with Crippen LogP contribution in [-0.4, -0.2) is 62.3 Å². The molecule has 0 aliphatic rings. The molecular formula is C32H64N4W+4. The van der Waals surface area contributed by atoms with Gasteiger partial charge in [-0.1, -0.05) is 32.9 Å². The Morgan fingerprint density at radius 2 is 0.892 bits per heavy atom. The van der Waals surface area contributed by atoms with Crippen LogP contribution in [0.5, 0.6) is 0 Å². The quantitative estimate of drug-likeness (QED) is 0.197. The molecule has 2 aromatic heterocycles. The second-order valence-corrected chi connectivity index (χ2v) is 11.9. The SMILES string of the molecule is CC(C)C.CC(C)[N+](C)(C)C.CC(C)[n+]1ccccc1.C[n+]1ccccc1.[CH2-]C[N+](C)(C[CH2-])C(C)C.[W+2]. The van der Waals surface area contributed by atoms with Crippen molar-refractivity contribution in [1.82, 2.24) is 0 Å². The summed E-state index contributed by atoms with van der Waals surface area (Å²) in [5.74, 6) is 0.833. The molecule has 0 saturated carbocycles. The maximum absolute atomic E-state index is 3.88. The first-order valence-electron chi connectivity index (χ1n) is 13.5. The zero-order valence-electron chi connectivity index (χ0n) is 27.1. The molecule has 0 fully saturated rings. The number of rotatable bonds is 5. The molecule has 0 amide bonds. The molecule has 0 spiro atoms. The molecule has 2 aromatic rings. The van der Waals surface area contributed by atoms with Gasteiger partial charge in [-0.15, -0.1) is 0 Å². The molecule has 0 N–H and O–H groups in total. The Hall–Kier alpha value is -1.09. The van der Waals surface area contributed by atoms with E-state index >= 15 is 0 Å². The normalized spacial score (nSPS) is 10.6. The summed E-state index contributed by atoms with van der Waals surface area (Å²) >= 11 is 0. The van der Waals surface area contributed by atoms with Crippen molar-refractivity contribution in [2.24, 2.45) is 13.0 Å². The van der Waals surface area contributed by atoms with Crippen molar-refractivity contribution < 1.29 is 39.2 Å². The van der Waals surface area contributed by atoms with E-state index in [1.165, 1.54) is 0 Å². The summed E-state index contributed by atoms with van der Waals surface area (Å²) in [6, 6.07) is 14.1. The molecule has 0 aliphatic carbocycles. The fourth-order valence-corrected chi connectivity index (χ4v) is 1.87. The van der Waals surface area contributed by atoms with Gasteiger partial charge in [-0.2, -0.15) is 0 Å². The fraction of sp³-hybridized carbons (Fsp3) is 0.625. The zero-order chi connectivity index (χ0) is 28.9. The van der Waals surface area contributed by atoms with Crippen LogP contribution in [0.15, 0.2) is 61.2 Å². The zero-order valence-corrected chi connectivity index (χ0v) is 30.0. The van der Waals surface area contributed by atoms with Gasteiger partial charge < -0.3 is 8.97 Å². The van der Waals surface area contributed by atoms with Crippen LogP contribution < -0.4 is 9.13 Å². The summed E-state index contributed by atoms with van der Waals surface area (Å²) in [5, 5.41) is 0. The van der Waals surface area contributed by atoms with Gasteiger partial charge in [0.25, 0.3) is 0 Å². The van der Waals surface area contributed by atoms with E-state index in [0.717, 1.165) is 34.0 Å². The monoisotopic (exact) mass is 688 g/mol. The van der Waals surface area contributed by atoms with E-state index in [2.05, 4.69) is 121 Å². The van der Waals surface area contributed by atoms with E-state index in [9.17, 15) is 0 Å².